The summed E-state index contributed by atoms with van der Waals surface area (Å²) in [5, 5.41) is 12.1. The number of non-ortho nitro benzene ring substituents is 1. The zero-order valence-corrected chi connectivity index (χ0v) is 10.0. The molecule has 2 rings (SSSR count). The van der Waals surface area contributed by atoms with Crippen molar-refractivity contribution in [1.29, 1.82) is 0 Å². The molecule has 0 unspecified atom stereocenters. The molecule has 2 N–H and O–H groups in total. The Bertz CT molecular complexity index is 640. The molecule has 0 aliphatic carbocycles. The molecule has 0 heterocycles. The zero-order valence-electron chi connectivity index (χ0n) is 10.0. The predicted octanol–water partition coefficient (Wildman–Crippen LogP) is 2.00. The van der Waals surface area contributed by atoms with Crippen LogP contribution in [0.25, 0.3) is 10.8 Å². The van der Waals surface area contributed by atoms with E-state index in [1.54, 1.807) is 24.3 Å². The number of primary amides is 1. The molecule has 0 atom stereocenters. The number of nitrogens with zero attached hydrogens (tertiary/aromatic N) is 1. The lowest BCUT2D eigenvalue weighted by Gasteiger charge is -2.08. The summed E-state index contributed by atoms with van der Waals surface area (Å²) in [7, 11) is 0. The van der Waals surface area contributed by atoms with Gasteiger partial charge in [0.25, 0.3) is 5.69 Å². The predicted molar refractivity (Wildman–Crippen MR) is 69.9 cm³/mol. The summed E-state index contributed by atoms with van der Waals surface area (Å²) in [4.78, 5) is 21.1. The van der Waals surface area contributed by atoms with Gasteiger partial charge in [0.1, 0.15) is 5.75 Å². The van der Waals surface area contributed by atoms with Crippen molar-refractivity contribution in [3.63, 3.8) is 0 Å². The number of nitrogens with two attached hydrogens (primary N) is 1. The van der Waals surface area contributed by atoms with Gasteiger partial charge in [-0.1, -0.05) is 18.2 Å². The first-order valence-electron chi connectivity index (χ1n) is 5.67. The molecule has 0 aromatic heterocycles. The minimum Gasteiger partial charge on any atom is -0.492 e. The number of benzene rings is 2. The topological polar surface area (TPSA) is 95.5 Å². The van der Waals surface area contributed by atoms with E-state index in [0.717, 1.165) is 0 Å². The summed E-state index contributed by atoms with van der Waals surface area (Å²) < 4.78 is 5.44. The highest BCUT2D eigenvalue weighted by Gasteiger charge is 2.14. The first-order chi connectivity index (χ1) is 9.09. The molecule has 0 saturated heterocycles. The molecule has 0 fully saturated rings. The van der Waals surface area contributed by atoms with Crippen LogP contribution in [0.1, 0.15) is 6.42 Å². The first-order valence-corrected chi connectivity index (χ1v) is 5.67. The van der Waals surface area contributed by atoms with Crippen molar-refractivity contribution < 1.29 is 14.5 Å². The molecule has 2 aromatic rings. The molecule has 98 valence electrons. The van der Waals surface area contributed by atoms with E-state index in [1.165, 1.54) is 12.1 Å². The van der Waals surface area contributed by atoms with E-state index in [0.29, 0.717) is 16.5 Å². The Morgan fingerprint density at radius 2 is 1.89 bits per heavy atom. The van der Waals surface area contributed by atoms with Gasteiger partial charge in [-0.15, -0.1) is 0 Å². The Hall–Kier alpha value is -2.63. The standard InChI is InChI=1S/C13H12N2O4/c14-13(16)7-8-19-12-6-5-11(15(17)18)9-3-1-2-4-10(9)12/h1-6H,7-8H2,(H2,14,16). The number of ether oxygens (including phenoxy) is 1. The molecular weight excluding hydrogens is 248 g/mol. The van der Waals surface area contributed by atoms with Gasteiger partial charge in [-0.3, -0.25) is 14.9 Å². The fraction of sp³-hybridized carbons (Fsp3) is 0.154. The second kappa shape index (κ2) is 5.34. The third-order valence-electron chi connectivity index (χ3n) is 2.66. The summed E-state index contributed by atoms with van der Waals surface area (Å²) in [6.07, 6.45) is 0.102. The molecule has 0 spiro atoms. The monoisotopic (exact) mass is 260 g/mol. The van der Waals surface area contributed by atoms with Crippen LogP contribution in [0, 0.1) is 10.1 Å². The van der Waals surface area contributed by atoms with E-state index in [4.69, 9.17) is 10.5 Å². The second-order valence-corrected chi connectivity index (χ2v) is 3.95. The first kappa shape index (κ1) is 12.8. The van der Waals surface area contributed by atoms with Gasteiger partial charge in [0, 0.05) is 11.5 Å². The number of carbonyl (C=O) groups excluding carboxylic acids is 1. The molecule has 6 nitrogen and oxygen atoms in total. The van der Waals surface area contributed by atoms with Crippen molar-refractivity contribution in [2.45, 2.75) is 6.42 Å². The van der Waals surface area contributed by atoms with Crippen molar-refractivity contribution in [2.24, 2.45) is 5.73 Å². The Balaban J connectivity index is 2.38. The number of amides is 1. The number of carbonyl (C=O) groups is 1. The Kier molecular flexibility index (Phi) is 3.61. The minimum absolute atomic E-state index is 0.0258. The largest absolute Gasteiger partial charge is 0.492 e. The Labute approximate surface area is 108 Å². The van der Waals surface area contributed by atoms with Crippen molar-refractivity contribution in [1.82, 2.24) is 0 Å². The van der Waals surface area contributed by atoms with Crippen LogP contribution in [-0.4, -0.2) is 17.4 Å². The molecule has 0 aliphatic rings. The van der Waals surface area contributed by atoms with E-state index in [1.807, 2.05) is 0 Å². The number of nitro benzene ring substituents is 1. The molecule has 0 bridgehead atoms. The zero-order chi connectivity index (χ0) is 13.8. The number of hydrogen-bond acceptors (Lipinski definition) is 4. The summed E-state index contributed by atoms with van der Waals surface area (Å²) in [5.41, 5.74) is 5.05. The maximum atomic E-state index is 10.9. The van der Waals surface area contributed by atoms with Crippen LogP contribution >= 0.6 is 0 Å². The quantitative estimate of drug-likeness (QED) is 0.657. The van der Waals surface area contributed by atoms with Crippen LogP contribution in [0.5, 0.6) is 5.75 Å². The normalized spacial score (nSPS) is 10.3. The van der Waals surface area contributed by atoms with Gasteiger partial charge in [-0.25, -0.2) is 0 Å². The number of rotatable bonds is 5. The SMILES string of the molecule is NC(=O)CCOc1ccc([N+](=O)[O-])c2ccccc12. The lowest BCUT2D eigenvalue weighted by Crippen LogP contribution is -2.14. The van der Waals surface area contributed by atoms with Crippen molar-refractivity contribution in [2.75, 3.05) is 6.61 Å². The average molecular weight is 260 g/mol. The summed E-state index contributed by atoms with van der Waals surface area (Å²) >= 11 is 0. The fourth-order valence-electron chi connectivity index (χ4n) is 1.80. The number of nitro groups is 1. The minimum atomic E-state index is -0.453. The van der Waals surface area contributed by atoms with Crippen LogP contribution in [0.2, 0.25) is 0 Å². The average Bonchev–Trinajstić information content (AvgIpc) is 2.38. The van der Waals surface area contributed by atoms with Crippen LogP contribution < -0.4 is 10.5 Å². The summed E-state index contributed by atoms with van der Waals surface area (Å²) in [6.45, 7) is 0.150. The van der Waals surface area contributed by atoms with Crippen LogP contribution in [0.4, 0.5) is 5.69 Å². The molecular formula is C13H12N2O4. The highest BCUT2D eigenvalue weighted by Crippen LogP contribution is 2.32. The molecule has 0 aliphatic heterocycles. The van der Waals surface area contributed by atoms with E-state index in [2.05, 4.69) is 0 Å². The van der Waals surface area contributed by atoms with E-state index < -0.39 is 10.8 Å². The molecule has 1 amide bonds. The van der Waals surface area contributed by atoms with Gasteiger partial charge in [-0.05, 0) is 12.1 Å². The fourth-order valence-corrected chi connectivity index (χ4v) is 1.80. The second-order valence-electron chi connectivity index (χ2n) is 3.95. The summed E-state index contributed by atoms with van der Waals surface area (Å²) in [5.74, 6) is 0.0497. The molecule has 6 heteroatoms. The Morgan fingerprint density at radius 3 is 2.53 bits per heavy atom. The summed E-state index contributed by atoms with van der Waals surface area (Å²) in [6, 6.07) is 9.81. The van der Waals surface area contributed by atoms with Crippen molar-refractivity contribution in [3.8, 4) is 5.75 Å². The number of fused-ring (bicyclic) bond motifs is 1. The maximum absolute atomic E-state index is 10.9. The van der Waals surface area contributed by atoms with Gasteiger partial charge < -0.3 is 10.5 Å². The van der Waals surface area contributed by atoms with Crippen molar-refractivity contribution in [3.05, 3.63) is 46.5 Å². The van der Waals surface area contributed by atoms with E-state index in [9.17, 15) is 14.9 Å². The third-order valence-corrected chi connectivity index (χ3v) is 2.66. The highest BCUT2D eigenvalue weighted by molar-refractivity contribution is 5.95. The van der Waals surface area contributed by atoms with Crippen LogP contribution in [0.3, 0.4) is 0 Å². The lowest BCUT2D eigenvalue weighted by atomic mass is 10.1. The molecule has 2 aromatic carbocycles. The van der Waals surface area contributed by atoms with Gasteiger partial charge in [0.2, 0.25) is 5.91 Å². The highest BCUT2D eigenvalue weighted by atomic mass is 16.6. The lowest BCUT2D eigenvalue weighted by molar-refractivity contribution is -0.383. The number of hydrogen-bond donors (Lipinski definition) is 1. The Morgan fingerprint density at radius 1 is 1.21 bits per heavy atom. The smallest absolute Gasteiger partial charge is 0.277 e. The van der Waals surface area contributed by atoms with Gasteiger partial charge in [-0.2, -0.15) is 0 Å². The molecule has 19 heavy (non-hydrogen) atoms. The van der Waals surface area contributed by atoms with Gasteiger partial charge in [0.15, 0.2) is 0 Å². The molecule has 0 saturated carbocycles. The third kappa shape index (κ3) is 2.79. The maximum Gasteiger partial charge on any atom is 0.277 e. The van der Waals surface area contributed by atoms with Crippen LogP contribution in [0.15, 0.2) is 36.4 Å². The van der Waals surface area contributed by atoms with E-state index >= 15 is 0 Å². The van der Waals surface area contributed by atoms with Gasteiger partial charge in [0.05, 0.1) is 23.3 Å². The van der Waals surface area contributed by atoms with Gasteiger partial charge >= 0.3 is 0 Å². The molecule has 0 radical (unpaired) electrons. The van der Waals surface area contributed by atoms with Crippen LogP contribution in [-0.2, 0) is 4.79 Å². The van der Waals surface area contributed by atoms with E-state index in [-0.39, 0.29) is 18.7 Å². The van der Waals surface area contributed by atoms with Crippen molar-refractivity contribution >= 4 is 22.4 Å².